The van der Waals surface area contributed by atoms with E-state index in [-0.39, 0.29) is 17.5 Å². The zero-order valence-corrected chi connectivity index (χ0v) is 24.7. The van der Waals surface area contributed by atoms with E-state index >= 15 is 4.39 Å². The van der Waals surface area contributed by atoms with Gasteiger partial charge >= 0.3 is 6.01 Å². The van der Waals surface area contributed by atoms with Gasteiger partial charge in [0.15, 0.2) is 11.6 Å². The van der Waals surface area contributed by atoms with E-state index in [4.69, 9.17) is 4.74 Å². The topological polar surface area (TPSA) is 77.0 Å². The number of phenolic OH excluding ortho intramolecular Hbond substituents is 1. The van der Waals surface area contributed by atoms with Gasteiger partial charge in [-0.25, -0.2) is 8.78 Å². The molecular formula is C31H36F2N6O2S. The first-order valence-corrected chi connectivity index (χ1v) is 15.5. The molecule has 5 aliphatic rings. The van der Waals surface area contributed by atoms with Gasteiger partial charge in [0.25, 0.3) is 0 Å². The first kappa shape index (κ1) is 27.7. The lowest BCUT2D eigenvalue weighted by molar-refractivity contribution is 0.292. The SMILES string of the molecule is COc1nc2c(c(N3CC4CCC(C3)N4)n1)SN(C)C(c1cc(O)cc3ccccc13)=C2F.FC1CC2CCCN2C1. The van der Waals surface area contributed by atoms with Crippen molar-refractivity contribution in [2.75, 3.05) is 45.2 Å². The number of alkyl halides is 1. The van der Waals surface area contributed by atoms with Crippen LogP contribution >= 0.6 is 11.9 Å². The molecule has 6 heterocycles. The molecule has 0 aliphatic carbocycles. The number of rotatable bonds is 3. The highest BCUT2D eigenvalue weighted by Gasteiger charge is 2.38. The highest BCUT2D eigenvalue weighted by molar-refractivity contribution is 7.97. The second kappa shape index (κ2) is 11.2. The maximum atomic E-state index is 16.2. The summed E-state index contributed by atoms with van der Waals surface area (Å²) in [6.07, 6.45) is 5.09. The first-order chi connectivity index (χ1) is 20.4. The number of fused-ring (bicyclic) bond motifs is 5. The smallest absolute Gasteiger partial charge is 0.318 e. The molecule has 8 rings (SSSR count). The number of aromatic nitrogens is 2. The second-order valence-corrected chi connectivity index (χ2v) is 13.0. The third kappa shape index (κ3) is 5.05. The van der Waals surface area contributed by atoms with E-state index < -0.39 is 12.0 Å². The molecule has 0 radical (unpaired) electrons. The van der Waals surface area contributed by atoms with E-state index in [0.29, 0.717) is 46.6 Å². The summed E-state index contributed by atoms with van der Waals surface area (Å²) >= 11 is 1.41. The van der Waals surface area contributed by atoms with E-state index in [0.717, 1.165) is 49.7 Å². The number of nitrogens with one attached hydrogen (secondary N) is 1. The van der Waals surface area contributed by atoms with Crippen molar-refractivity contribution >= 4 is 40.1 Å². The van der Waals surface area contributed by atoms with Crippen molar-refractivity contribution in [1.82, 2.24) is 24.5 Å². The summed E-state index contributed by atoms with van der Waals surface area (Å²) in [5, 5.41) is 15.7. The number of nitrogens with zero attached hydrogens (tertiary/aromatic N) is 5. The van der Waals surface area contributed by atoms with Crippen molar-refractivity contribution in [2.45, 2.75) is 61.3 Å². The number of piperazine rings is 1. The zero-order valence-electron chi connectivity index (χ0n) is 23.9. The van der Waals surface area contributed by atoms with Crippen molar-refractivity contribution in [2.24, 2.45) is 0 Å². The van der Waals surface area contributed by atoms with Gasteiger partial charge in [0.05, 0.1) is 12.8 Å². The molecule has 222 valence electrons. The van der Waals surface area contributed by atoms with Crippen molar-refractivity contribution in [3.8, 4) is 11.8 Å². The Hall–Kier alpha value is -3.15. The second-order valence-electron chi connectivity index (χ2n) is 11.8. The average Bonchev–Trinajstić information content (AvgIpc) is 3.66. The molecule has 42 heavy (non-hydrogen) atoms. The summed E-state index contributed by atoms with van der Waals surface area (Å²) in [5.41, 5.74) is 1.21. The summed E-state index contributed by atoms with van der Waals surface area (Å²) in [7, 11) is 3.33. The van der Waals surface area contributed by atoms with Crippen LogP contribution in [0.4, 0.5) is 14.6 Å². The average molecular weight is 595 g/mol. The molecule has 3 aromatic rings. The minimum atomic E-state index is -0.518. The highest BCUT2D eigenvalue weighted by Crippen LogP contribution is 2.49. The molecule has 0 amide bonds. The van der Waals surface area contributed by atoms with E-state index in [2.05, 4.69) is 25.1 Å². The number of ether oxygens (including phenoxy) is 1. The van der Waals surface area contributed by atoms with Gasteiger partial charge in [-0.1, -0.05) is 24.3 Å². The van der Waals surface area contributed by atoms with Crippen LogP contribution in [0.3, 0.4) is 0 Å². The monoisotopic (exact) mass is 594 g/mol. The summed E-state index contributed by atoms with van der Waals surface area (Å²) in [4.78, 5) is 14.3. The summed E-state index contributed by atoms with van der Waals surface area (Å²) in [5.74, 6) is 0.342. The van der Waals surface area contributed by atoms with Crippen molar-refractivity contribution in [3.63, 3.8) is 0 Å². The summed E-state index contributed by atoms with van der Waals surface area (Å²) in [6.45, 7) is 3.50. The van der Waals surface area contributed by atoms with Crippen molar-refractivity contribution < 1.29 is 18.6 Å². The van der Waals surface area contributed by atoms with Crippen LogP contribution in [0.1, 0.15) is 43.4 Å². The van der Waals surface area contributed by atoms with Crippen LogP contribution in [-0.2, 0) is 0 Å². The van der Waals surface area contributed by atoms with Crippen molar-refractivity contribution in [1.29, 1.82) is 0 Å². The van der Waals surface area contributed by atoms with E-state index in [9.17, 15) is 9.50 Å². The van der Waals surface area contributed by atoms with Gasteiger partial charge in [0.1, 0.15) is 22.5 Å². The summed E-state index contributed by atoms with van der Waals surface area (Å²) < 4.78 is 36.0. The number of phenols is 1. The first-order valence-electron chi connectivity index (χ1n) is 14.8. The Morgan fingerprint density at radius 1 is 1.07 bits per heavy atom. The molecule has 1 aromatic heterocycles. The lowest BCUT2D eigenvalue weighted by Gasteiger charge is -2.36. The minimum absolute atomic E-state index is 0.0884. The lowest BCUT2D eigenvalue weighted by atomic mass is 10.00. The number of hydrogen-bond acceptors (Lipinski definition) is 9. The summed E-state index contributed by atoms with van der Waals surface area (Å²) in [6, 6.07) is 12.5. The number of methoxy groups -OCH3 is 1. The molecule has 4 atom stereocenters. The largest absolute Gasteiger partial charge is 0.508 e. The Kier molecular flexibility index (Phi) is 7.36. The third-order valence-corrected chi connectivity index (χ3v) is 10.1. The van der Waals surface area contributed by atoms with Gasteiger partial charge in [0, 0.05) is 50.4 Å². The van der Waals surface area contributed by atoms with E-state index in [1.807, 2.05) is 31.3 Å². The molecule has 4 saturated heterocycles. The van der Waals surface area contributed by atoms with Crippen molar-refractivity contribution in [3.05, 3.63) is 47.7 Å². The molecule has 2 aromatic carbocycles. The Bertz CT molecular complexity index is 1510. The molecule has 4 fully saturated rings. The molecule has 5 aliphatic heterocycles. The lowest BCUT2D eigenvalue weighted by Crippen LogP contribution is -2.51. The fraction of sp³-hybridized carbons (Fsp3) is 0.484. The molecule has 2 bridgehead atoms. The highest BCUT2D eigenvalue weighted by atomic mass is 32.2. The molecule has 4 unspecified atom stereocenters. The van der Waals surface area contributed by atoms with Crippen LogP contribution in [0.15, 0.2) is 41.3 Å². The van der Waals surface area contributed by atoms with Crippen LogP contribution in [0.5, 0.6) is 11.8 Å². The van der Waals surface area contributed by atoms with Gasteiger partial charge in [-0.05, 0) is 73.5 Å². The third-order valence-electron chi connectivity index (χ3n) is 9.05. The fourth-order valence-electron chi connectivity index (χ4n) is 7.17. The van der Waals surface area contributed by atoms with Gasteiger partial charge < -0.3 is 24.4 Å². The molecule has 0 spiro atoms. The Labute approximate surface area is 248 Å². The number of anilines is 1. The molecule has 11 heteroatoms. The van der Waals surface area contributed by atoms with E-state index in [1.54, 1.807) is 16.4 Å². The number of hydrogen-bond donors (Lipinski definition) is 2. The maximum Gasteiger partial charge on any atom is 0.318 e. The van der Waals surface area contributed by atoms with Gasteiger partial charge in [-0.2, -0.15) is 9.97 Å². The predicted octanol–water partition coefficient (Wildman–Crippen LogP) is 5.23. The number of halogens is 2. The normalized spacial score (nSPS) is 26.8. The maximum absolute atomic E-state index is 16.2. The molecule has 0 saturated carbocycles. The van der Waals surface area contributed by atoms with E-state index in [1.165, 1.54) is 31.9 Å². The van der Waals surface area contributed by atoms with Crippen LogP contribution in [0.2, 0.25) is 0 Å². The van der Waals surface area contributed by atoms with Gasteiger partial charge in [-0.3, -0.25) is 4.90 Å². The van der Waals surface area contributed by atoms with Crippen LogP contribution in [-0.4, -0.2) is 88.9 Å². The Balaban J connectivity index is 0.000000272. The van der Waals surface area contributed by atoms with Gasteiger partial charge in [-0.15, -0.1) is 0 Å². The molecule has 8 nitrogen and oxygen atoms in total. The Morgan fingerprint density at radius 3 is 2.62 bits per heavy atom. The quantitative estimate of drug-likeness (QED) is 0.397. The zero-order chi connectivity index (χ0) is 29.0. The van der Waals surface area contributed by atoms with Crippen LogP contribution in [0.25, 0.3) is 22.3 Å². The minimum Gasteiger partial charge on any atom is -0.508 e. The molecule has 2 N–H and O–H groups in total. The standard InChI is InChI=1S/C24H24FN5O2S.C7H12FN/c1-29-21(18-10-16(31)9-13-5-3-4-6-17(13)18)19(25)20-22(33-29)23(28-24(27-20)32-2)30-11-14-7-8-15(12-30)26-14;8-6-4-7-2-1-3-9(7)5-6/h3-6,9-10,14-15,26,31H,7-8,11-12H2,1-2H3;6-7H,1-5H2. The van der Waals surface area contributed by atoms with Crippen LogP contribution in [0, 0.1) is 0 Å². The number of benzene rings is 2. The predicted molar refractivity (Wildman–Crippen MR) is 162 cm³/mol. The van der Waals surface area contributed by atoms with Crippen LogP contribution < -0.4 is 15.0 Å². The Morgan fingerprint density at radius 2 is 1.86 bits per heavy atom. The van der Waals surface area contributed by atoms with Gasteiger partial charge in [0.2, 0.25) is 0 Å². The molecular weight excluding hydrogens is 558 g/mol. The fourth-order valence-corrected chi connectivity index (χ4v) is 8.19. The number of aromatic hydroxyl groups is 1.